The molecule has 0 aliphatic carbocycles. The summed E-state index contributed by atoms with van der Waals surface area (Å²) < 4.78 is 5.39. The molecule has 0 amide bonds. The van der Waals surface area contributed by atoms with E-state index in [1.54, 1.807) is 0 Å². The second-order valence-electron chi connectivity index (χ2n) is 5.95. The van der Waals surface area contributed by atoms with E-state index in [4.69, 9.17) is 10.3 Å². The molecule has 0 saturated heterocycles. The summed E-state index contributed by atoms with van der Waals surface area (Å²) in [6.45, 7) is 1.98. The molecule has 0 radical (unpaired) electrons. The normalized spacial score (nSPS) is 10.7. The van der Waals surface area contributed by atoms with E-state index in [-0.39, 0.29) is 17.6 Å². The molecule has 8 heteroatoms. The number of hydrogen-bond acceptors (Lipinski definition) is 8. The summed E-state index contributed by atoms with van der Waals surface area (Å²) in [6, 6.07) is 17.5. The Kier molecular flexibility index (Phi) is 4.21. The van der Waals surface area contributed by atoms with Gasteiger partial charge in [0.15, 0.2) is 0 Å². The van der Waals surface area contributed by atoms with E-state index < -0.39 is 0 Å². The van der Waals surface area contributed by atoms with Gasteiger partial charge in [-0.05, 0) is 30.7 Å². The number of benzene rings is 2. The number of anilines is 3. The van der Waals surface area contributed by atoms with Crippen molar-refractivity contribution >= 4 is 17.6 Å². The molecule has 0 spiro atoms. The van der Waals surface area contributed by atoms with Gasteiger partial charge in [0, 0.05) is 18.3 Å². The number of nitrogens with two attached hydrogens (primary N) is 1. The number of aromatic nitrogens is 5. The summed E-state index contributed by atoms with van der Waals surface area (Å²) in [5, 5.41) is 4.01. The SMILES string of the molecule is Cc1ccccc1-c1nc(-c2nc(N)nc(N(C)c3ccccc3)n2)no1. The summed E-state index contributed by atoms with van der Waals surface area (Å²) >= 11 is 0. The van der Waals surface area contributed by atoms with Crippen LogP contribution in [0, 0.1) is 6.92 Å². The summed E-state index contributed by atoms with van der Waals surface area (Å²) in [4.78, 5) is 19.0. The Bertz CT molecular complexity index is 1080. The lowest BCUT2D eigenvalue weighted by molar-refractivity contribution is 0.431. The highest BCUT2D eigenvalue weighted by Crippen LogP contribution is 2.25. The molecule has 0 atom stereocenters. The van der Waals surface area contributed by atoms with Crippen LogP contribution < -0.4 is 10.6 Å². The van der Waals surface area contributed by atoms with Gasteiger partial charge in [-0.25, -0.2) is 0 Å². The quantitative estimate of drug-likeness (QED) is 0.592. The van der Waals surface area contributed by atoms with Gasteiger partial charge in [-0.15, -0.1) is 0 Å². The summed E-state index contributed by atoms with van der Waals surface area (Å²) in [7, 11) is 1.85. The maximum Gasteiger partial charge on any atom is 0.258 e. The van der Waals surface area contributed by atoms with E-state index in [0.29, 0.717) is 11.8 Å². The van der Waals surface area contributed by atoms with Gasteiger partial charge >= 0.3 is 0 Å². The van der Waals surface area contributed by atoms with Gasteiger partial charge in [0.25, 0.3) is 5.89 Å². The highest BCUT2D eigenvalue weighted by atomic mass is 16.5. The summed E-state index contributed by atoms with van der Waals surface area (Å²) in [6.07, 6.45) is 0. The summed E-state index contributed by atoms with van der Waals surface area (Å²) in [5.41, 5.74) is 8.69. The molecule has 0 bridgehead atoms. The van der Waals surface area contributed by atoms with E-state index in [9.17, 15) is 0 Å². The number of aryl methyl sites for hydroxylation is 1. The van der Waals surface area contributed by atoms with Crippen LogP contribution in [0.3, 0.4) is 0 Å². The smallest absolute Gasteiger partial charge is 0.258 e. The topological polar surface area (TPSA) is 107 Å². The highest BCUT2D eigenvalue weighted by molar-refractivity contribution is 5.62. The first kappa shape index (κ1) is 16.6. The van der Waals surface area contributed by atoms with Crippen molar-refractivity contribution in [2.75, 3.05) is 17.7 Å². The van der Waals surface area contributed by atoms with Gasteiger partial charge in [-0.1, -0.05) is 41.6 Å². The van der Waals surface area contributed by atoms with Gasteiger partial charge < -0.3 is 15.2 Å². The van der Waals surface area contributed by atoms with E-state index in [1.165, 1.54) is 0 Å². The highest BCUT2D eigenvalue weighted by Gasteiger charge is 2.17. The largest absolute Gasteiger partial charge is 0.368 e. The first-order valence-electron chi connectivity index (χ1n) is 8.32. The molecular weight excluding hydrogens is 342 g/mol. The average Bonchev–Trinajstić information content (AvgIpc) is 3.18. The molecule has 2 aromatic carbocycles. The van der Waals surface area contributed by atoms with Crippen LogP contribution in [0.25, 0.3) is 23.1 Å². The van der Waals surface area contributed by atoms with Gasteiger partial charge in [-0.2, -0.15) is 19.9 Å². The number of nitrogen functional groups attached to an aromatic ring is 1. The molecule has 2 N–H and O–H groups in total. The summed E-state index contributed by atoms with van der Waals surface area (Å²) in [5.74, 6) is 1.39. The van der Waals surface area contributed by atoms with Crippen molar-refractivity contribution in [2.24, 2.45) is 0 Å². The minimum Gasteiger partial charge on any atom is -0.368 e. The Morgan fingerprint density at radius 3 is 2.37 bits per heavy atom. The van der Waals surface area contributed by atoms with Crippen LogP contribution >= 0.6 is 0 Å². The molecule has 0 aliphatic heterocycles. The molecule has 2 heterocycles. The zero-order chi connectivity index (χ0) is 18.8. The molecule has 8 nitrogen and oxygen atoms in total. The molecule has 4 rings (SSSR count). The maximum atomic E-state index is 5.88. The van der Waals surface area contributed by atoms with Crippen LogP contribution in [0.2, 0.25) is 0 Å². The van der Waals surface area contributed by atoms with Crippen molar-refractivity contribution in [3.05, 3.63) is 60.2 Å². The van der Waals surface area contributed by atoms with Crippen molar-refractivity contribution in [1.29, 1.82) is 0 Å². The number of hydrogen-bond donors (Lipinski definition) is 1. The second-order valence-corrected chi connectivity index (χ2v) is 5.95. The predicted molar refractivity (Wildman–Crippen MR) is 102 cm³/mol. The van der Waals surface area contributed by atoms with Crippen molar-refractivity contribution in [3.63, 3.8) is 0 Å². The second kappa shape index (κ2) is 6.83. The number of nitrogens with zero attached hydrogens (tertiary/aromatic N) is 6. The Balaban J connectivity index is 1.71. The Hall–Kier alpha value is -3.81. The zero-order valence-electron chi connectivity index (χ0n) is 14.9. The maximum absolute atomic E-state index is 5.88. The molecule has 0 fully saturated rings. The molecule has 27 heavy (non-hydrogen) atoms. The molecule has 0 saturated carbocycles. The molecule has 2 aromatic heterocycles. The Morgan fingerprint density at radius 1 is 0.852 bits per heavy atom. The molecule has 134 valence electrons. The first-order chi connectivity index (χ1) is 13.1. The van der Waals surface area contributed by atoms with Gasteiger partial charge in [0.05, 0.1) is 0 Å². The van der Waals surface area contributed by atoms with Crippen LogP contribution in [-0.4, -0.2) is 32.1 Å². The minimum absolute atomic E-state index is 0.0834. The van der Waals surface area contributed by atoms with Crippen LogP contribution in [0.15, 0.2) is 59.1 Å². The third kappa shape index (κ3) is 3.32. The van der Waals surface area contributed by atoms with Crippen molar-refractivity contribution < 1.29 is 4.52 Å². The monoisotopic (exact) mass is 359 g/mol. The van der Waals surface area contributed by atoms with Gasteiger partial charge in [0.1, 0.15) is 0 Å². The molecule has 0 unspecified atom stereocenters. The van der Waals surface area contributed by atoms with Crippen LogP contribution in [-0.2, 0) is 0 Å². The predicted octanol–water partition coefficient (Wildman–Crippen LogP) is 3.25. The van der Waals surface area contributed by atoms with Crippen molar-refractivity contribution in [3.8, 4) is 23.1 Å². The van der Waals surface area contributed by atoms with Crippen LogP contribution in [0.5, 0.6) is 0 Å². The van der Waals surface area contributed by atoms with Crippen LogP contribution in [0.4, 0.5) is 17.6 Å². The van der Waals surface area contributed by atoms with E-state index in [1.807, 2.05) is 73.5 Å². The average molecular weight is 359 g/mol. The van der Waals surface area contributed by atoms with E-state index >= 15 is 0 Å². The Labute approximate surface area is 155 Å². The zero-order valence-corrected chi connectivity index (χ0v) is 14.9. The van der Waals surface area contributed by atoms with Crippen molar-refractivity contribution in [1.82, 2.24) is 25.1 Å². The first-order valence-corrected chi connectivity index (χ1v) is 8.32. The van der Waals surface area contributed by atoms with Crippen molar-refractivity contribution in [2.45, 2.75) is 6.92 Å². The number of para-hydroxylation sites is 1. The molecular formula is C19H17N7O. The lowest BCUT2D eigenvalue weighted by atomic mass is 10.1. The fourth-order valence-electron chi connectivity index (χ4n) is 2.63. The van der Waals surface area contributed by atoms with Gasteiger partial charge in [0.2, 0.25) is 23.5 Å². The molecule has 4 aromatic rings. The lowest BCUT2D eigenvalue weighted by Crippen LogP contribution is -2.15. The minimum atomic E-state index is 0.0834. The standard InChI is InChI=1S/C19H17N7O/c1-12-8-6-7-11-14(12)17-21-16(25-27-17)15-22-18(20)24-19(23-15)26(2)13-9-4-3-5-10-13/h3-11H,1-2H3,(H2,20,22,23,24). The van der Waals surface area contributed by atoms with Gasteiger partial charge in [-0.3, -0.25) is 0 Å². The third-order valence-electron chi connectivity index (χ3n) is 4.09. The fourth-order valence-corrected chi connectivity index (χ4v) is 2.63. The van der Waals surface area contributed by atoms with E-state index in [2.05, 4.69) is 25.1 Å². The third-order valence-corrected chi connectivity index (χ3v) is 4.09. The number of rotatable bonds is 4. The Morgan fingerprint density at radius 2 is 1.59 bits per heavy atom. The lowest BCUT2D eigenvalue weighted by Gasteiger charge is -2.17. The van der Waals surface area contributed by atoms with Crippen LogP contribution in [0.1, 0.15) is 5.56 Å². The van der Waals surface area contributed by atoms with E-state index in [0.717, 1.165) is 16.8 Å². The fraction of sp³-hybridized carbons (Fsp3) is 0.105. The molecule has 0 aliphatic rings.